The van der Waals surface area contributed by atoms with E-state index in [1.165, 1.54) is 0 Å². The zero-order valence-corrected chi connectivity index (χ0v) is 8.87. The van der Waals surface area contributed by atoms with Gasteiger partial charge in [0.25, 0.3) is 0 Å². The van der Waals surface area contributed by atoms with Crippen molar-refractivity contribution in [2.75, 3.05) is 7.11 Å². The molecule has 1 rings (SSSR count). The quantitative estimate of drug-likeness (QED) is 0.361. The van der Waals surface area contributed by atoms with E-state index >= 15 is 0 Å². The van der Waals surface area contributed by atoms with Crippen LogP contribution in [0.4, 0.5) is 5.69 Å². The van der Waals surface area contributed by atoms with Gasteiger partial charge in [-0.15, -0.1) is 0 Å². The number of phenolic OH excluding ortho intramolecular Hbond substituents is 1. The molecule has 1 N–H and O–H groups in total. The van der Waals surface area contributed by atoms with Crippen LogP contribution < -0.4 is 0 Å². The van der Waals surface area contributed by atoms with Gasteiger partial charge in [-0.05, 0) is 6.07 Å². The van der Waals surface area contributed by atoms with Gasteiger partial charge >= 0.3 is 11.7 Å². The number of nitrogens with zero attached hydrogens (tertiary/aromatic N) is 1. The molecule has 7 nitrogen and oxygen atoms in total. The number of esters is 1. The molecular formula is C10H9NO6. The molecule has 90 valence electrons. The first kappa shape index (κ1) is 12.6. The average Bonchev–Trinajstić information content (AvgIpc) is 2.30. The van der Waals surface area contributed by atoms with Crippen molar-refractivity contribution in [3.05, 3.63) is 33.4 Å². The van der Waals surface area contributed by atoms with Crippen LogP contribution in [0.25, 0.3) is 0 Å². The number of benzene rings is 1. The van der Waals surface area contributed by atoms with Gasteiger partial charge in [0.2, 0.25) is 0 Å². The summed E-state index contributed by atoms with van der Waals surface area (Å²) in [4.78, 5) is 31.5. The Hall–Kier alpha value is -2.44. The molecule has 0 fully saturated rings. The summed E-state index contributed by atoms with van der Waals surface area (Å²) in [7, 11) is 1.13. The van der Waals surface area contributed by atoms with Crippen LogP contribution in [-0.4, -0.2) is 29.4 Å². The Kier molecular flexibility index (Phi) is 3.76. The summed E-state index contributed by atoms with van der Waals surface area (Å²) in [5, 5.41) is 20.2. The predicted molar refractivity (Wildman–Crippen MR) is 55.9 cm³/mol. The molecule has 0 aromatic heterocycles. The minimum Gasteiger partial charge on any atom is -0.502 e. The molecule has 0 saturated heterocycles. The molecule has 0 aliphatic rings. The first-order valence-electron chi connectivity index (χ1n) is 4.54. The highest BCUT2D eigenvalue weighted by molar-refractivity contribution is 5.93. The van der Waals surface area contributed by atoms with Gasteiger partial charge in [0, 0.05) is 18.1 Å². The number of phenols is 1. The molecule has 1 aromatic rings. The topological polar surface area (TPSA) is 107 Å². The Balaban J connectivity index is 3.43. The number of aldehydes is 1. The van der Waals surface area contributed by atoms with E-state index in [1.807, 2.05) is 0 Å². The third-order valence-electron chi connectivity index (χ3n) is 2.15. The molecule has 0 atom stereocenters. The van der Waals surface area contributed by atoms with Crippen LogP contribution in [-0.2, 0) is 16.0 Å². The second kappa shape index (κ2) is 5.06. The van der Waals surface area contributed by atoms with E-state index in [4.69, 9.17) is 0 Å². The Morgan fingerprint density at radius 1 is 1.59 bits per heavy atom. The molecule has 0 radical (unpaired) electrons. The molecule has 0 saturated carbocycles. The molecule has 0 aliphatic carbocycles. The number of nitro benzene ring substituents is 1. The normalized spacial score (nSPS) is 9.71. The highest BCUT2D eigenvalue weighted by atomic mass is 16.6. The summed E-state index contributed by atoms with van der Waals surface area (Å²) in [6.45, 7) is 0. The Morgan fingerprint density at radius 3 is 2.71 bits per heavy atom. The molecule has 0 bridgehead atoms. The largest absolute Gasteiger partial charge is 0.502 e. The van der Waals surface area contributed by atoms with Crippen molar-refractivity contribution in [2.45, 2.75) is 6.42 Å². The average molecular weight is 239 g/mol. The van der Waals surface area contributed by atoms with E-state index < -0.39 is 22.3 Å². The number of methoxy groups -OCH3 is 1. The highest BCUT2D eigenvalue weighted by Crippen LogP contribution is 2.32. The van der Waals surface area contributed by atoms with Gasteiger partial charge in [-0.1, -0.05) is 0 Å². The zero-order chi connectivity index (χ0) is 13.0. The van der Waals surface area contributed by atoms with Crippen molar-refractivity contribution in [1.29, 1.82) is 0 Å². The van der Waals surface area contributed by atoms with E-state index in [0.717, 1.165) is 19.2 Å². The van der Waals surface area contributed by atoms with E-state index in [0.29, 0.717) is 6.29 Å². The summed E-state index contributed by atoms with van der Waals surface area (Å²) >= 11 is 0. The van der Waals surface area contributed by atoms with Crippen LogP contribution in [0.3, 0.4) is 0 Å². The lowest BCUT2D eigenvalue weighted by molar-refractivity contribution is -0.385. The van der Waals surface area contributed by atoms with Gasteiger partial charge in [0.15, 0.2) is 5.75 Å². The smallest absolute Gasteiger partial charge is 0.338 e. The Morgan fingerprint density at radius 2 is 2.24 bits per heavy atom. The summed E-state index contributed by atoms with van der Waals surface area (Å²) in [6, 6.07) is 2.12. The second-order valence-electron chi connectivity index (χ2n) is 3.08. The Labute approximate surface area is 95.8 Å². The molecule has 0 amide bonds. The predicted octanol–water partition coefficient (Wildman–Crippen LogP) is 0.828. The summed E-state index contributed by atoms with van der Waals surface area (Å²) in [6.07, 6.45) is 0.128. The maximum absolute atomic E-state index is 11.3. The van der Waals surface area contributed by atoms with E-state index in [1.54, 1.807) is 0 Å². The number of hydrogen-bond donors (Lipinski definition) is 1. The van der Waals surface area contributed by atoms with Crippen LogP contribution in [0.1, 0.15) is 15.9 Å². The van der Waals surface area contributed by atoms with Crippen molar-refractivity contribution < 1.29 is 24.4 Å². The number of rotatable bonds is 4. The number of aromatic hydroxyl groups is 1. The van der Waals surface area contributed by atoms with E-state index in [9.17, 15) is 24.8 Å². The van der Waals surface area contributed by atoms with Crippen molar-refractivity contribution >= 4 is 17.9 Å². The minimum absolute atomic E-state index is 0.0669. The van der Waals surface area contributed by atoms with Crippen molar-refractivity contribution in [2.24, 2.45) is 0 Å². The van der Waals surface area contributed by atoms with Gasteiger partial charge in [0.05, 0.1) is 17.6 Å². The minimum atomic E-state index is -0.801. The lowest BCUT2D eigenvalue weighted by Gasteiger charge is -2.07. The molecule has 0 heterocycles. The summed E-state index contributed by atoms with van der Waals surface area (Å²) < 4.78 is 4.44. The van der Waals surface area contributed by atoms with Gasteiger partial charge in [-0.2, -0.15) is 0 Å². The van der Waals surface area contributed by atoms with Crippen molar-refractivity contribution in [1.82, 2.24) is 0 Å². The SMILES string of the molecule is COC(=O)c1ccc([N+](=O)[O-])c(O)c1CC=O. The first-order valence-corrected chi connectivity index (χ1v) is 4.54. The number of carbonyl (C=O) groups excluding carboxylic acids is 2. The molecule has 17 heavy (non-hydrogen) atoms. The number of hydrogen-bond acceptors (Lipinski definition) is 6. The van der Waals surface area contributed by atoms with Crippen LogP contribution >= 0.6 is 0 Å². The molecule has 7 heteroatoms. The van der Waals surface area contributed by atoms with Crippen LogP contribution in [0.2, 0.25) is 0 Å². The summed E-state index contributed by atoms with van der Waals surface area (Å²) in [5.41, 5.74) is -0.738. The fourth-order valence-electron chi connectivity index (χ4n) is 1.36. The van der Waals surface area contributed by atoms with Crippen molar-refractivity contribution in [3.63, 3.8) is 0 Å². The monoisotopic (exact) mass is 239 g/mol. The van der Waals surface area contributed by atoms with Gasteiger partial charge in [-0.25, -0.2) is 4.79 Å². The van der Waals surface area contributed by atoms with Gasteiger partial charge in [-0.3, -0.25) is 10.1 Å². The summed E-state index contributed by atoms with van der Waals surface area (Å²) in [5.74, 6) is -1.46. The lowest BCUT2D eigenvalue weighted by atomic mass is 10.0. The van der Waals surface area contributed by atoms with Gasteiger partial charge in [0.1, 0.15) is 6.29 Å². The maximum Gasteiger partial charge on any atom is 0.338 e. The highest BCUT2D eigenvalue weighted by Gasteiger charge is 2.23. The van der Waals surface area contributed by atoms with Crippen molar-refractivity contribution in [3.8, 4) is 5.75 Å². The second-order valence-corrected chi connectivity index (χ2v) is 3.08. The van der Waals surface area contributed by atoms with Crippen LogP contribution in [0, 0.1) is 10.1 Å². The number of nitro groups is 1. The number of ether oxygens (including phenoxy) is 1. The van der Waals surface area contributed by atoms with E-state index in [-0.39, 0.29) is 17.5 Å². The maximum atomic E-state index is 11.3. The molecule has 0 unspecified atom stereocenters. The third-order valence-corrected chi connectivity index (χ3v) is 2.15. The fourth-order valence-corrected chi connectivity index (χ4v) is 1.36. The fraction of sp³-hybridized carbons (Fsp3) is 0.200. The first-order chi connectivity index (χ1) is 8.02. The number of carbonyl (C=O) groups is 2. The molecule has 0 aliphatic heterocycles. The molecule has 0 spiro atoms. The van der Waals surface area contributed by atoms with Crippen LogP contribution in [0.5, 0.6) is 5.75 Å². The third kappa shape index (κ3) is 2.39. The Bertz CT molecular complexity index is 482. The van der Waals surface area contributed by atoms with E-state index in [2.05, 4.69) is 4.74 Å². The zero-order valence-electron chi connectivity index (χ0n) is 8.87. The van der Waals surface area contributed by atoms with Crippen LogP contribution in [0.15, 0.2) is 12.1 Å². The lowest BCUT2D eigenvalue weighted by Crippen LogP contribution is -2.07. The molecular weight excluding hydrogens is 230 g/mol. The molecule has 1 aromatic carbocycles. The van der Waals surface area contributed by atoms with Gasteiger partial charge < -0.3 is 14.6 Å². The standard InChI is InChI=1S/C10H9NO6/c1-17-10(14)7-2-3-8(11(15)16)9(13)6(7)4-5-12/h2-3,5,13H,4H2,1H3.